The van der Waals surface area contributed by atoms with Crippen LogP contribution in [0.25, 0.3) is 0 Å². The maximum absolute atomic E-state index is 11.9. The Bertz CT molecular complexity index is 517. The number of aliphatic imine (C=N–C) groups is 1. The van der Waals surface area contributed by atoms with Crippen molar-refractivity contribution in [3.63, 3.8) is 0 Å². The number of alkyl carbamates (subject to hydrolysis) is 1. The van der Waals surface area contributed by atoms with Gasteiger partial charge in [0, 0.05) is 19.6 Å². The topological polar surface area (TPSA) is 109 Å². The van der Waals surface area contributed by atoms with E-state index in [1.54, 1.807) is 13.8 Å². The van der Waals surface area contributed by atoms with E-state index in [-0.39, 0.29) is 35.9 Å². The lowest BCUT2D eigenvalue weighted by molar-refractivity contribution is -0.125. The van der Waals surface area contributed by atoms with Crippen LogP contribution in [0, 0.1) is 5.41 Å². The minimum atomic E-state index is -0.700. The third-order valence-corrected chi connectivity index (χ3v) is 3.83. The van der Waals surface area contributed by atoms with E-state index < -0.39 is 17.1 Å². The number of likely N-dealkylation sites (tertiary alicyclic amines) is 1. The number of nitrogens with two attached hydrogens (primary N) is 1. The van der Waals surface area contributed by atoms with Crippen LogP contribution in [-0.2, 0) is 9.53 Å². The molecule has 0 spiro atoms. The number of guanidine groups is 1. The van der Waals surface area contributed by atoms with Crippen molar-refractivity contribution in [2.45, 2.75) is 59.6 Å². The summed E-state index contributed by atoms with van der Waals surface area (Å²) < 4.78 is 5.30. The summed E-state index contributed by atoms with van der Waals surface area (Å²) >= 11 is 0. The van der Waals surface area contributed by atoms with Gasteiger partial charge < -0.3 is 26.0 Å². The van der Waals surface area contributed by atoms with Gasteiger partial charge in [-0.05, 0) is 48.0 Å². The van der Waals surface area contributed by atoms with Gasteiger partial charge in [-0.15, -0.1) is 24.0 Å². The number of nitrogens with zero attached hydrogens (tertiary/aromatic N) is 2. The van der Waals surface area contributed by atoms with Crippen molar-refractivity contribution >= 4 is 41.9 Å². The number of ether oxygens (including phenoxy) is 1. The van der Waals surface area contributed by atoms with E-state index in [2.05, 4.69) is 20.5 Å². The van der Waals surface area contributed by atoms with Crippen LogP contribution in [0.15, 0.2) is 4.99 Å². The van der Waals surface area contributed by atoms with Gasteiger partial charge in [-0.25, -0.2) is 4.79 Å². The largest absolute Gasteiger partial charge is 0.444 e. The number of halogens is 1. The molecule has 1 fully saturated rings. The molecule has 0 bridgehead atoms. The van der Waals surface area contributed by atoms with E-state index in [9.17, 15) is 9.59 Å². The van der Waals surface area contributed by atoms with Gasteiger partial charge in [0.1, 0.15) is 5.60 Å². The van der Waals surface area contributed by atoms with Crippen LogP contribution in [-0.4, -0.2) is 60.7 Å². The maximum atomic E-state index is 11.9. The van der Waals surface area contributed by atoms with Gasteiger partial charge in [-0.3, -0.25) is 9.79 Å². The number of primary amides is 1. The maximum Gasteiger partial charge on any atom is 0.407 e. The molecule has 1 aliphatic heterocycles. The fourth-order valence-corrected chi connectivity index (χ4v) is 2.32. The predicted octanol–water partition coefficient (Wildman–Crippen LogP) is 1.68. The third kappa shape index (κ3) is 8.41. The van der Waals surface area contributed by atoms with Crippen LogP contribution in [0.4, 0.5) is 4.79 Å². The monoisotopic (exact) mass is 483 g/mol. The summed E-state index contributed by atoms with van der Waals surface area (Å²) in [6, 6.07) is 0.00265. The van der Waals surface area contributed by atoms with Crippen molar-refractivity contribution in [1.29, 1.82) is 0 Å². The fourth-order valence-electron chi connectivity index (χ4n) is 2.32. The highest BCUT2D eigenvalue weighted by Gasteiger charge is 2.29. The Kier molecular flexibility index (Phi) is 9.68. The summed E-state index contributed by atoms with van der Waals surface area (Å²) in [5.74, 6) is 0.350. The SMILES string of the molecule is CCNC(=NCC(C)(C)C(N)=O)N1CCC(NC(=O)OC(C)(C)C)C1.I. The first-order valence-corrected chi connectivity index (χ1v) is 8.77. The third-order valence-electron chi connectivity index (χ3n) is 3.83. The zero-order valence-electron chi connectivity index (χ0n) is 16.7. The Morgan fingerprint density at radius 1 is 1.27 bits per heavy atom. The molecule has 152 valence electrons. The van der Waals surface area contributed by atoms with Crippen molar-refractivity contribution in [2.75, 3.05) is 26.2 Å². The smallest absolute Gasteiger partial charge is 0.407 e. The molecule has 0 aliphatic carbocycles. The highest BCUT2D eigenvalue weighted by molar-refractivity contribution is 14.0. The molecule has 0 aromatic heterocycles. The molecular weight excluding hydrogens is 449 g/mol. The number of hydrogen-bond donors (Lipinski definition) is 3. The van der Waals surface area contributed by atoms with E-state index in [0.717, 1.165) is 25.5 Å². The van der Waals surface area contributed by atoms with E-state index in [1.807, 2.05) is 27.7 Å². The molecule has 0 radical (unpaired) electrons. The molecule has 2 amide bonds. The summed E-state index contributed by atoms with van der Waals surface area (Å²) in [7, 11) is 0. The minimum Gasteiger partial charge on any atom is -0.444 e. The number of carbonyl (C=O) groups excluding carboxylic acids is 2. The van der Waals surface area contributed by atoms with Gasteiger partial charge in [-0.2, -0.15) is 0 Å². The quantitative estimate of drug-likeness (QED) is 0.313. The fraction of sp³-hybridized carbons (Fsp3) is 0.824. The summed E-state index contributed by atoms with van der Waals surface area (Å²) in [6.07, 6.45) is 0.402. The van der Waals surface area contributed by atoms with Crippen LogP contribution in [0.1, 0.15) is 48.0 Å². The Hall–Kier alpha value is -1.26. The summed E-state index contributed by atoms with van der Waals surface area (Å²) in [5, 5.41) is 6.12. The number of carbonyl (C=O) groups is 2. The summed E-state index contributed by atoms with van der Waals surface area (Å²) in [5.41, 5.74) is 4.19. The Morgan fingerprint density at radius 2 is 1.88 bits per heavy atom. The Morgan fingerprint density at radius 3 is 2.38 bits per heavy atom. The van der Waals surface area contributed by atoms with Gasteiger partial charge in [0.2, 0.25) is 5.91 Å². The molecule has 1 saturated heterocycles. The molecule has 0 aromatic rings. The summed E-state index contributed by atoms with van der Waals surface area (Å²) in [4.78, 5) is 30.0. The van der Waals surface area contributed by atoms with Gasteiger partial charge in [0.05, 0.1) is 18.0 Å². The molecular formula is C17H34IN5O3. The van der Waals surface area contributed by atoms with Crippen LogP contribution in [0.5, 0.6) is 0 Å². The number of amides is 2. The number of hydrogen-bond acceptors (Lipinski definition) is 4. The number of nitrogens with one attached hydrogen (secondary N) is 2. The second kappa shape index (κ2) is 10.2. The predicted molar refractivity (Wildman–Crippen MR) is 114 cm³/mol. The molecule has 1 heterocycles. The Balaban J connectivity index is 0.00000625. The van der Waals surface area contributed by atoms with Crippen molar-refractivity contribution in [3.05, 3.63) is 0 Å². The molecule has 1 unspecified atom stereocenters. The lowest BCUT2D eigenvalue weighted by Gasteiger charge is -2.25. The van der Waals surface area contributed by atoms with Crippen LogP contribution in [0.3, 0.4) is 0 Å². The lowest BCUT2D eigenvalue weighted by atomic mass is 9.93. The van der Waals surface area contributed by atoms with Gasteiger partial charge in [0.25, 0.3) is 0 Å². The molecule has 1 aliphatic rings. The van der Waals surface area contributed by atoms with Gasteiger partial charge in [-0.1, -0.05) is 0 Å². The molecule has 9 heteroatoms. The van der Waals surface area contributed by atoms with Crippen molar-refractivity contribution in [1.82, 2.24) is 15.5 Å². The molecule has 1 rings (SSSR count). The van der Waals surface area contributed by atoms with Crippen LogP contribution < -0.4 is 16.4 Å². The molecule has 0 saturated carbocycles. The lowest BCUT2D eigenvalue weighted by Crippen LogP contribution is -2.45. The first-order valence-electron chi connectivity index (χ1n) is 8.77. The second-order valence-electron chi connectivity index (χ2n) is 8.00. The van der Waals surface area contributed by atoms with Gasteiger partial charge >= 0.3 is 6.09 Å². The second-order valence-corrected chi connectivity index (χ2v) is 8.00. The molecule has 1 atom stereocenters. The van der Waals surface area contributed by atoms with E-state index in [1.165, 1.54) is 0 Å². The first-order chi connectivity index (χ1) is 11.4. The normalized spacial score (nSPS) is 18.2. The molecule has 8 nitrogen and oxygen atoms in total. The minimum absolute atomic E-state index is 0. The standard InChI is InChI=1S/C17H33N5O3.HI/c1-7-19-14(20-11-17(5,6)13(18)23)22-9-8-12(10-22)21-15(24)25-16(2,3)4;/h12H,7-11H2,1-6H3,(H2,18,23)(H,19,20)(H,21,24);1H. The molecule has 4 N–H and O–H groups in total. The van der Waals surface area contributed by atoms with E-state index in [0.29, 0.717) is 13.1 Å². The highest BCUT2D eigenvalue weighted by Crippen LogP contribution is 2.16. The van der Waals surface area contributed by atoms with Crippen LogP contribution >= 0.6 is 24.0 Å². The zero-order valence-corrected chi connectivity index (χ0v) is 19.0. The van der Waals surface area contributed by atoms with Gasteiger partial charge in [0.15, 0.2) is 5.96 Å². The van der Waals surface area contributed by atoms with Crippen molar-refractivity contribution < 1.29 is 14.3 Å². The summed E-state index contributed by atoms with van der Waals surface area (Å²) in [6.45, 7) is 13.5. The average Bonchev–Trinajstić information content (AvgIpc) is 2.89. The van der Waals surface area contributed by atoms with Crippen LogP contribution in [0.2, 0.25) is 0 Å². The highest BCUT2D eigenvalue weighted by atomic mass is 127. The zero-order chi connectivity index (χ0) is 19.3. The average molecular weight is 483 g/mol. The van der Waals surface area contributed by atoms with E-state index >= 15 is 0 Å². The molecule has 26 heavy (non-hydrogen) atoms. The van der Waals surface area contributed by atoms with E-state index in [4.69, 9.17) is 10.5 Å². The Labute approximate surface area is 173 Å². The van der Waals surface area contributed by atoms with Crippen molar-refractivity contribution in [2.24, 2.45) is 16.1 Å². The first kappa shape index (κ1) is 24.7. The van der Waals surface area contributed by atoms with Crippen molar-refractivity contribution in [3.8, 4) is 0 Å². The number of rotatable bonds is 5. The molecule has 0 aromatic carbocycles.